The molecule has 0 fully saturated rings. The lowest BCUT2D eigenvalue weighted by molar-refractivity contribution is 0.336. The summed E-state index contributed by atoms with van der Waals surface area (Å²) in [6.07, 6.45) is 0.624. The van der Waals surface area contributed by atoms with Gasteiger partial charge >= 0.3 is 0 Å². The third-order valence-corrected chi connectivity index (χ3v) is 4.69. The second kappa shape index (κ2) is 7.72. The zero-order chi connectivity index (χ0) is 14.3. The summed E-state index contributed by atoms with van der Waals surface area (Å²) in [4.78, 5) is 0. The van der Waals surface area contributed by atoms with Gasteiger partial charge in [-0.15, -0.1) is 0 Å². The van der Waals surface area contributed by atoms with Gasteiger partial charge in [-0.05, 0) is 19.5 Å². The van der Waals surface area contributed by atoms with Crippen LogP contribution in [-0.2, 0) is 16.4 Å². The Bertz CT molecular complexity index is 503. The van der Waals surface area contributed by atoms with E-state index in [2.05, 4.69) is 5.32 Å². The highest BCUT2D eigenvalue weighted by molar-refractivity contribution is 7.91. The second-order valence-electron chi connectivity index (χ2n) is 4.26. The first-order valence-electron chi connectivity index (χ1n) is 6.25. The summed E-state index contributed by atoms with van der Waals surface area (Å²) in [6, 6.07) is 5.48. The highest BCUT2D eigenvalue weighted by Gasteiger charge is 2.12. The molecule has 1 aromatic rings. The first-order chi connectivity index (χ1) is 9.00. The summed E-state index contributed by atoms with van der Waals surface area (Å²) in [5.74, 6) is 0.776. The molecular formula is C13H20ClNO3S. The van der Waals surface area contributed by atoms with Crippen molar-refractivity contribution in [2.75, 3.05) is 25.2 Å². The maximum atomic E-state index is 11.6. The average molecular weight is 306 g/mol. The molecule has 0 saturated heterocycles. The maximum absolute atomic E-state index is 11.6. The van der Waals surface area contributed by atoms with Crippen molar-refractivity contribution in [3.05, 3.63) is 28.8 Å². The molecule has 4 nitrogen and oxygen atoms in total. The number of benzene rings is 1. The average Bonchev–Trinajstić information content (AvgIpc) is 2.33. The number of nitrogens with one attached hydrogen (secondary N) is 1. The molecule has 6 heteroatoms. The van der Waals surface area contributed by atoms with Gasteiger partial charge in [-0.2, -0.15) is 0 Å². The van der Waals surface area contributed by atoms with E-state index in [1.807, 2.05) is 26.1 Å². The smallest absolute Gasteiger partial charge is 0.153 e. The van der Waals surface area contributed by atoms with Crippen LogP contribution in [0.25, 0.3) is 0 Å². The first-order valence-corrected chi connectivity index (χ1v) is 8.45. The normalized spacial score (nSPS) is 11.5. The molecule has 0 aromatic heterocycles. The van der Waals surface area contributed by atoms with Crippen LogP contribution in [0.3, 0.4) is 0 Å². The number of para-hydroxylation sites is 1. The van der Waals surface area contributed by atoms with Crippen LogP contribution in [0.15, 0.2) is 18.2 Å². The molecule has 1 N–H and O–H groups in total. The minimum Gasteiger partial charge on any atom is -0.491 e. The Labute approximate surface area is 120 Å². The lowest BCUT2D eigenvalue weighted by atomic mass is 10.2. The molecule has 0 radical (unpaired) electrons. The summed E-state index contributed by atoms with van der Waals surface area (Å²) in [6.45, 7) is 2.60. The summed E-state index contributed by atoms with van der Waals surface area (Å²) in [7, 11) is -1.19. The molecule has 0 amide bonds. The van der Waals surface area contributed by atoms with E-state index in [0.717, 1.165) is 5.56 Å². The molecular weight excluding hydrogens is 286 g/mol. The molecule has 1 aromatic carbocycles. The molecule has 0 unspecified atom stereocenters. The van der Waals surface area contributed by atoms with Gasteiger partial charge in [0.1, 0.15) is 12.4 Å². The van der Waals surface area contributed by atoms with Gasteiger partial charge in [0.25, 0.3) is 0 Å². The fourth-order valence-electron chi connectivity index (χ4n) is 1.73. The van der Waals surface area contributed by atoms with Gasteiger partial charge in [-0.25, -0.2) is 8.42 Å². The summed E-state index contributed by atoms with van der Waals surface area (Å²) in [5.41, 5.74) is 0.919. The predicted octanol–water partition coefficient (Wildman–Crippen LogP) is 2.26. The topological polar surface area (TPSA) is 55.4 Å². The van der Waals surface area contributed by atoms with E-state index in [0.29, 0.717) is 23.7 Å². The van der Waals surface area contributed by atoms with Gasteiger partial charge in [0.2, 0.25) is 0 Å². The van der Waals surface area contributed by atoms with Crippen LogP contribution in [0, 0.1) is 0 Å². The van der Waals surface area contributed by atoms with E-state index >= 15 is 0 Å². The number of halogens is 1. The molecule has 19 heavy (non-hydrogen) atoms. The van der Waals surface area contributed by atoms with Crippen molar-refractivity contribution >= 4 is 21.4 Å². The highest BCUT2D eigenvalue weighted by atomic mass is 35.5. The van der Waals surface area contributed by atoms with Gasteiger partial charge in [-0.1, -0.05) is 30.7 Å². The van der Waals surface area contributed by atoms with Crippen LogP contribution in [0.5, 0.6) is 5.75 Å². The number of hydrogen-bond acceptors (Lipinski definition) is 4. The fraction of sp³-hybridized carbons (Fsp3) is 0.538. The van der Waals surface area contributed by atoms with E-state index in [4.69, 9.17) is 16.3 Å². The van der Waals surface area contributed by atoms with Crippen LogP contribution < -0.4 is 10.1 Å². The Hall–Kier alpha value is -0.780. The number of ether oxygens (including phenoxy) is 1. The van der Waals surface area contributed by atoms with E-state index in [-0.39, 0.29) is 18.1 Å². The molecule has 0 aliphatic heterocycles. The zero-order valence-electron chi connectivity index (χ0n) is 11.3. The van der Waals surface area contributed by atoms with Crippen LogP contribution in [0.1, 0.15) is 18.9 Å². The molecule has 0 bridgehead atoms. The molecule has 0 aliphatic rings. The van der Waals surface area contributed by atoms with Crippen LogP contribution in [0.4, 0.5) is 0 Å². The SMILES string of the molecule is CCCS(=O)(=O)CCOc1c(Cl)cccc1CNC. The molecule has 1 rings (SSSR count). The monoisotopic (exact) mass is 305 g/mol. The lowest BCUT2D eigenvalue weighted by Gasteiger charge is -2.13. The maximum Gasteiger partial charge on any atom is 0.153 e. The minimum absolute atomic E-state index is 0.0189. The Kier molecular flexibility index (Phi) is 6.62. The minimum atomic E-state index is -3.02. The largest absolute Gasteiger partial charge is 0.491 e. The van der Waals surface area contributed by atoms with Crippen molar-refractivity contribution < 1.29 is 13.2 Å². The Morgan fingerprint density at radius 1 is 1.32 bits per heavy atom. The van der Waals surface area contributed by atoms with Crippen molar-refractivity contribution in [1.29, 1.82) is 0 Å². The van der Waals surface area contributed by atoms with Gasteiger partial charge in [-0.3, -0.25) is 0 Å². The Balaban J connectivity index is 2.67. The highest BCUT2D eigenvalue weighted by Crippen LogP contribution is 2.28. The quantitative estimate of drug-likeness (QED) is 0.800. The number of sulfone groups is 1. The number of hydrogen-bond donors (Lipinski definition) is 1. The van der Waals surface area contributed by atoms with Gasteiger partial charge in [0, 0.05) is 12.1 Å². The van der Waals surface area contributed by atoms with Crippen LogP contribution >= 0.6 is 11.6 Å². The Morgan fingerprint density at radius 3 is 2.68 bits per heavy atom. The standard InChI is InChI=1S/C13H20ClNO3S/c1-3-8-19(16,17)9-7-18-13-11(10-15-2)5-4-6-12(13)14/h4-6,15H,3,7-10H2,1-2H3. The van der Waals surface area contributed by atoms with Gasteiger partial charge in [0.05, 0.1) is 16.5 Å². The van der Waals surface area contributed by atoms with Crippen molar-refractivity contribution in [3.8, 4) is 5.75 Å². The van der Waals surface area contributed by atoms with E-state index < -0.39 is 9.84 Å². The second-order valence-corrected chi connectivity index (χ2v) is 6.97. The van der Waals surface area contributed by atoms with Crippen LogP contribution in [0.2, 0.25) is 5.02 Å². The molecule has 0 atom stereocenters. The molecule has 0 heterocycles. The molecule has 0 aliphatic carbocycles. The third kappa shape index (κ3) is 5.38. The van der Waals surface area contributed by atoms with Crippen molar-refractivity contribution in [3.63, 3.8) is 0 Å². The summed E-state index contributed by atoms with van der Waals surface area (Å²) >= 11 is 6.07. The zero-order valence-corrected chi connectivity index (χ0v) is 12.9. The van der Waals surface area contributed by atoms with Gasteiger partial charge in [0.15, 0.2) is 9.84 Å². The van der Waals surface area contributed by atoms with Crippen molar-refractivity contribution in [1.82, 2.24) is 5.32 Å². The first kappa shape index (κ1) is 16.3. The predicted molar refractivity (Wildman–Crippen MR) is 78.7 cm³/mol. The summed E-state index contributed by atoms with van der Waals surface area (Å²) < 4.78 is 28.7. The molecule has 108 valence electrons. The third-order valence-electron chi connectivity index (χ3n) is 2.57. The molecule has 0 saturated carbocycles. The lowest BCUT2D eigenvalue weighted by Crippen LogP contribution is -2.17. The van der Waals surface area contributed by atoms with E-state index in [1.54, 1.807) is 6.07 Å². The van der Waals surface area contributed by atoms with E-state index in [1.165, 1.54) is 0 Å². The van der Waals surface area contributed by atoms with Crippen molar-refractivity contribution in [2.24, 2.45) is 0 Å². The van der Waals surface area contributed by atoms with Gasteiger partial charge < -0.3 is 10.1 Å². The molecule has 0 spiro atoms. The number of rotatable bonds is 8. The van der Waals surface area contributed by atoms with Crippen molar-refractivity contribution in [2.45, 2.75) is 19.9 Å². The summed E-state index contributed by atoms with van der Waals surface area (Å²) in [5, 5.41) is 3.52. The fourth-order valence-corrected chi connectivity index (χ4v) is 3.14. The Morgan fingerprint density at radius 2 is 2.05 bits per heavy atom. The van der Waals surface area contributed by atoms with Crippen LogP contribution in [-0.4, -0.2) is 33.6 Å². The van der Waals surface area contributed by atoms with E-state index in [9.17, 15) is 8.42 Å².